The van der Waals surface area contributed by atoms with Crippen molar-refractivity contribution in [2.45, 2.75) is 31.0 Å². The predicted octanol–water partition coefficient (Wildman–Crippen LogP) is -0.201. The summed E-state index contributed by atoms with van der Waals surface area (Å²) >= 11 is 0. The molecule has 1 saturated heterocycles. The molecule has 15 heavy (non-hydrogen) atoms. The maximum Gasteiger partial charge on any atom is 1.00 e. The minimum Gasteiger partial charge on any atom is -0.449 e. The predicted molar refractivity (Wildman–Crippen MR) is 47.0 cm³/mol. The van der Waals surface area contributed by atoms with E-state index in [1.165, 1.54) is 0 Å². The molecule has 0 N–H and O–H groups in total. The van der Waals surface area contributed by atoms with Gasteiger partial charge in [0, 0.05) is 13.2 Å². The molecule has 1 aliphatic heterocycles. The Kier molecular flexibility index (Phi) is 3.20. The van der Waals surface area contributed by atoms with Crippen LogP contribution in [-0.2, 0) is 4.74 Å². The molecule has 3 saturated carbocycles. The average molecular weight is 244 g/mol. The first-order chi connectivity index (χ1) is 6.48. The summed E-state index contributed by atoms with van der Waals surface area (Å²) in [6, 6.07) is 0. The maximum atomic E-state index is 12.6. The van der Waals surface area contributed by atoms with Crippen molar-refractivity contribution in [2.24, 2.45) is 11.3 Å². The fourth-order valence-corrected chi connectivity index (χ4v) is 3.75. The van der Waals surface area contributed by atoms with Gasteiger partial charge in [-0.2, -0.15) is 0 Å². The van der Waals surface area contributed by atoms with Gasteiger partial charge in [0.05, 0.1) is 0 Å². The molecule has 0 amide bonds. The van der Waals surface area contributed by atoms with Crippen LogP contribution in [-0.4, -0.2) is 20.2 Å². The molecule has 0 radical (unpaired) electrons. The van der Waals surface area contributed by atoms with Crippen LogP contribution in [0.15, 0.2) is 0 Å². The summed E-state index contributed by atoms with van der Waals surface area (Å²) in [6.45, 7) is -3.16. The summed E-state index contributed by atoms with van der Waals surface area (Å²) in [5.74, 6) is 0.419. The number of ether oxygens (including phenoxy) is 1. The maximum absolute atomic E-state index is 12.6. The Morgan fingerprint density at radius 2 is 1.73 bits per heavy atom. The first-order valence-corrected chi connectivity index (χ1v) is 5.25. The van der Waals surface area contributed by atoms with Gasteiger partial charge in [-0.3, -0.25) is 0 Å². The Bertz CT molecular complexity index is 255. The zero-order valence-corrected chi connectivity index (χ0v) is 12.1. The smallest absolute Gasteiger partial charge is 0.449 e. The van der Waals surface area contributed by atoms with E-state index < -0.39 is 12.3 Å². The molecular weight excluding hydrogens is 231 g/mol. The van der Waals surface area contributed by atoms with Gasteiger partial charge in [-0.15, -0.1) is 0 Å². The number of rotatable bonds is 2. The summed E-state index contributed by atoms with van der Waals surface area (Å²) in [6.07, 6.45) is 2.17. The van der Waals surface area contributed by atoms with Crippen molar-refractivity contribution in [1.82, 2.24) is 0 Å². The number of hydrogen-bond acceptors (Lipinski definition) is 1. The van der Waals surface area contributed by atoms with Gasteiger partial charge in [0.25, 0.3) is 0 Å². The van der Waals surface area contributed by atoms with E-state index in [1.807, 2.05) is 0 Å². The summed E-state index contributed by atoms with van der Waals surface area (Å²) in [5, 5.41) is -1.22. The van der Waals surface area contributed by atoms with Crippen molar-refractivity contribution in [2.75, 3.05) is 13.2 Å². The molecule has 0 aromatic rings. The Morgan fingerprint density at radius 1 is 1.13 bits per heavy atom. The van der Waals surface area contributed by atoms with Gasteiger partial charge in [-0.05, 0) is 17.8 Å². The Balaban J connectivity index is 0.000000853. The van der Waals surface area contributed by atoms with Gasteiger partial charge in [0.2, 0.25) is 0 Å². The molecule has 80 valence electrons. The molecule has 1 heterocycles. The Morgan fingerprint density at radius 3 is 2.13 bits per heavy atom. The largest absolute Gasteiger partial charge is 1.00 e. The van der Waals surface area contributed by atoms with Crippen LogP contribution in [0.1, 0.15) is 25.7 Å². The van der Waals surface area contributed by atoms with E-state index in [0.29, 0.717) is 31.8 Å². The van der Waals surface area contributed by atoms with Crippen LogP contribution in [0.5, 0.6) is 0 Å². The topological polar surface area (TPSA) is 9.23 Å². The van der Waals surface area contributed by atoms with Crippen molar-refractivity contribution in [3.05, 3.63) is 0 Å². The standard InChI is InChI=1S/C9H13BF3O.K/c11-10(12,13)9-4-8(5-9,6-9)7-1-2-14-3-7;/h7H,1-6H2;/q-1;+1. The Hall–Kier alpha value is 1.45. The summed E-state index contributed by atoms with van der Waals surface area (Å²) < 4.78 is 43.1. The second-order valence-electron chi connectivity index (χ2n) is 5.39. The van der Waals surface area contributed by atoms with Crippen molar-refractivity contribution in [1.29, 1.82) is 0 Å². The van der Waals surface area contributed by atoms with E-state index >= 15 is 0 Å². The third-order valence-electron chi connectivity index (χ3n) is 4.60. The fraction of sp³-hybridized carbons (Fsp3) is 1.00. The fourth-order valence-electron chi connectivity index (χ4n) is 3.75. The van der Waals surface area contributed by atoms with E-state index in [1.54, 1.807) is 0 Å². The van der Waals surface area contributed by atoms with Crippen LogP contribution in [0.25, 0.3) is 0 Å². The molecule has 4 rings (SSSR count). The third kappa shape index (κ3) is 1.63. The van der Waals surface area contributed by atoms with Gasteiger partial charge in [-0.25, -0.2) is 0 Å². The molecule has 0 aromatic carbocycles. The first-order valence-electron chi connectivity index (χ1n) is 5.25. The minimum absolute atomic E-state index is 0. The summed E-state index contributed by atoms with van der Waals surface area (Å²) in [7, 11) is 0. The van der Waals surface area contributed by atoms with E-state index in [4.69, 9.17) is 4.74 Å². The van der Waals surface area contributed by atoms with Gasteiger partial charge in [0.15, 0.2) is 0 Å². The monoisotopic (exact) mass is 244 g/mol. The molecule has 0 aromatic heterocycles. The molecule has 1 nitrogen and oxygen atoms in total. The van der Waals surface area contributed by atoms with Gasteiger partial charge in [-0.1, -0.05) is 24.6 Å². The van der Waals surface area contributed by atoms with Crippen LogP contribution in [0, 0.1) is 11.3 Å². The third-order valence-corrected chi connectivity index (χ3v) is 4.60. The molecule has 2 bridgehead atoms. The van der Waals surface area contributed by atoms with Crippen LogP contribution >= 0.6 is 0 Å². The van der Waals surface area contributed by atoms with Crippen molar-refractivity contribution >= 4 is 6.98 Å². The minimum atomic E-state index is -4.60. The quantitative estimate of drug-likeness (QED) is 0.611. The molecule has 6 heteroatoms. The Labute approximate surface area is 130 Å². The number of halogens is 3. The molecule has 4 fully saturated rings. The van der Waals surface area contributed by atoms with Gasteiger partial charge >= 0.3 is 58.4 Å². The zero-order valence-electron chi connectivity index (χ0n) is 8.94. The van der Waals surface area contributed by atoms with Gasteiger partial charge in [0.1, 0.15) is 0 Å². The molecule has 0 spiro atoms. The van der Waals surface area contributed by atoms with Crippen LogP contribution in [0.2, 0.25) is 5.31 Å². The second-order valence-corrected chi connectivity index (χ2v) is 5.39. The van der Waals surface area contributed by atoms with E-state index in [2.05, 4.69) is 0 Å². The molecular formula is C9H13BF3KO. The van der Waals surface area contributed by atoms with Crippen LogP contribution < -0.4 is 51.4 Å². The van der Waals surface area contributed by atoms with Crippen LogP contribution in [0.3, 0.4) is 0 Å². The zero-order chi connectivity index (χ0) is 10.0. The molecule has 3 aliphatic carbocycles. The molecule has 1 unspecified atom stereocenters. The first kappa shape index (κ1) is 12.9. The number of hydrogen-bond donors (Lipinski definition) is 0. The van der Waals surface area contributed by atoms with E-state index in [9.17, 15) is 12.9 Å². The summed E-state index contributed by atoms with van der Waals surface area (Å²) in [4.78, 5) is 0. The van der Waals surface area contributed by atoms with E-state index in [0.717, 1.165) is 13.0 Å². The summed E-state index contributed by atoms with van der Waals surface area (Å²) in [5.41, 5.74) is 0.0355. The van der Waals surface area contributed by atoms with E-state index in [-0.39, 0.29) is 56.8 Å². The van der Waals surface area contributed by atoms with Gasteiger partial charge < -0.3 is 17.7 Å². The van der Waals surface area contributed by atoms with Crippen molar-refractivity contribution in [3.8, 4) is 0 Å². The average Bonchev–Trinajstić information content (AvgIpc) is 2.28. The van der Waals surface area contributed by atoms with Crippen molar-refractivity contribution < 1.29 is 69.1 Å². The second kappa shape index (κ2) is 3.72. The molecule has 1 atom stereocenters. The SMILES string of the molecule is F[B-](F)(F)C12CC(C3CCOC3)(C1)C2.[K+]. The molecule has 4 aliphatic rings. The normalized spacial score (nSPS) is 47.8. The van der Waals surface area contributed by atoms with Crippen LogP contribution in [0.4, 0.5) is 12.9 Å². The van der Waals surface area contributed by atoms with Crippen molar-refractivity contribution in [3.63, 3.8) is 0 Å².